The second-order valence-corrected chi connectivity index (χ2v) is 4.47. The molecule has 1 saturated carbocycles. The van der Waals surface area contributed by atoms with E-state index in [1.165, 1.54) is 5.56 Å². The van der Waals surface area contributed by atoms with Gasteiger partial charge in [0.25, 0.3) is 0 Å². The minimum atomic E-state index is 0.394. The molecule has 1 aliphatic carbocycles. The molecule has 2 atom stereocenters. The highest BCUT2D eigenvalue weighted by Crippen LogP contribution is 2.40. The third-order valence-corrected chi connectivity index (χ3v) is 3.32. The zero-order valence-electron chi connectivity index (χ0n) is 9.39. The molecule has 0 radical (unpaired) electrons. The standard InChI is InChI=1S/C13H16O3/c1-14-10-4-2-9(3-5-10)8-15-11-6-12-13(7-11)16-12/h2-5,11-13H,6-8H2,1H3/t12-,13-/m1/s1. The van der Waals surface area contributed by atoms with Crippen molar-refractivity contribution in [3.8, 4) is 5.75 Å². The van der Waals surface area contributed by atoms with Gasteiger partial charge in [-0.25, -0.2) is 0 Å². The van der Waals surface area contributed by atoms with Crippen molar-refractivity contribution in [2.45, 2.75) is 37.8 Å². The molecule has 1 aromatic rings. The van der Waals surface area contributed by atoms with E-state index in [4.69, 9.17) is 14.2 Å². The number of epoxide rings is 1. The van der Waals surface area contributed by atoms with E-state index < -0.39 is 0 Å². The molecule has 0 unspecified atom stereocenters. The summed E-state index contributed by atoms with van der Waals surface area (Å²) in [6.07, 6.45) is 3.54. The van der Waals surface area contributed by atoms with Crippen LogP contribution in [0.4, 0.5) is 0 Å². The van der Waals surface area contributed by atoms with E-state index in [9.17, 15) is 0 Å². The Labute approximate surface area is 95.3 Å². The predicted octanol–water partition coefficient (Wildman–Crippen LogP) is 2.14. The molecule has 2 fully saturated rings. The van der Waals surface area contributed by atoms with E-state index in [2.05, 4.69) is 0 Å². The molecule has 2 aliphatic rings. The number of benzene rings is 1. The van der Waals surface area contributed by atoms with E-state index in [1.807, 2.05) is 24.3 Å². The third kappa shape index (κ3) is 2.06. The molecule has 1 aromatic carbocycles. The second-order valence-electron chi connectivity index (χ2n) is 4.47. The molecule has 3 heteroatoms. The number of fused-ring (bicyclic) bond motifs is 1. The Kier molecular flexibility index (Phi) is 2.58. The normalized spacial score (nSPS) is 27.8. The molecule has 0 N–H and O–H groups in total. The van der Waals surface area contributed by atoms with Crippen LogP contribution in [0.5, 0.6) is 5.75 Å². The Bertz CT molecular complexity index is 350. The van der Waals surface area contributed by atoms with Crippen LogP contribution in [0.25, 0.3) is 0 Å². The minimum absolute atomic E-state index is 0.394. The average molecular weight is 220 g/mol. The van der Waals surface area contributed by atoms with Crippen LogP contribution in [0.3, 0.4) is 0 Å². The summed E-state index contributed by atoms with van der Waals surface area (Å²) in [6.45, 7) is 0.689. The van der Waals surface area contributed by atoms with Gasteiger partial charge in [0.2, 0.25) is 0 Å². The van der Waals surface area contributed by atoms with E-state index in [-0.39, 0.29) is 0 Å². The van der Waals surface area contributed by atoms with Gasteiger partial charge in [-0.05, 0) is 17.7 Å². The highest BCUT2D eigenvalue weighted by Gasteiger charge is 2.48. The molecule has 3 rings (SSSR count). The van der Waals surface area contributed by atoms with Crippen molar-refractivity contribution < 1.29 is 14.2 Å². The first kappa shape index (κ1) is 10.1. The first-order valence-electron chi connectivity index (χ1n) is 5.75. The average Bonchev–Trinajstić information content (AvgIpc) is 2.95. The summed E-state index contributed by atoms with van der Waals surface area (Å²) in [6, 6.07) is 8.03. The molecule has 1 aliphatic heterocycles. The smallest absolute Gasteiger partial charge is 0.118 e. The Morgan fingerprint density at radius 3 is 2.50 bits per heavy atom. The fourth-order valence-corrected chi connectivity index (χ4v) is 2.28. The number of ether oxygens (including phenoxy) is 3. The summed E-state index contributed by atoms with van der Waals surface area (Å²) in [5, 5.41) is 0. The van der Waals surface area contributed by atoms with Gasteiger partial charge in [-0.2, -0.15) is 0 Å². The predicted molar refractivity (Wildman–Crippen MR) is 59.5 cm³/mol. The van der Waals surface area contributed by atoms with Gasteiger partial charge >= 0.3 is 0 Å². The van der Waals surface area contributed by atoms with Crippen LogP contribution >= 0.6 is 0 Å². The summed E-state index contributed by atoms with van der Waals surface area (Å²) in [5.41, 5.74) is 1.20. The highest BCUT2D eigenvalue weighted by molar-refractivity contribution is 5.26. The Morgan fingerprint density at radius 2 is 1.88 bits per heavy atom. The van der Waals surface area contributed by atoms with Crippen LogP contribution < -0.4 is 4.74 Å². The third-order valence-electron chi connectivity index (χ3n) is 3.32. The lowest BCUT2D eigenvalue weighted by Gasteiger charge is -2.13. The Hall–Kier alpha value is -1.06. The summed E-state index contributed by atoms with van der Waals surface area (Å²) in [5.74, 6) is 0.888. The second kappa shape index (κ2) is 4.07. The van der Waals surface area contributed by atoms with Crippen molar-refractivity contribution in [1.82, 2.24) is 0 Å². The van der Waals surface area contributed by atoms with Gasteiger partial charge < -0.3 is 14.2 Å². The van der Waals surface area contributed by atoms with Gasteiger partial charge in [0.15, 0.2) is 0 Å². The van der Waals surface area contributed by atoms with Crippen LogP contribution in [-0.2, 0) is 16.1 Å². The van der Waals surface area contributed by atoms with Crippen molar-refractivity contribution in [3.63, 3.8) is 0 Å². The summed E-state index contributed by atoms with van der Waals surface area (Å²) >= 11 is 0. The van der Waals surface area contributed by atoms with Crippen molar-refractivity contribution in [1.29, 1.82) is 0 Å². The first-order chi connectivity index (χ1) is 7.85. The number of rotatable bonds is 4. The van der Waals surface area contributed by atoms with Gasteiger partial charge in [0, 0.05) is 12.8 Å². The van der Waals surface area contributed by atoms with Gasteiger partial charge in [-0.1, -0.05) is 12.1 Å². The van der Waals surface area contributed by atoms with Gasteiger partial charge in [0.1, 0.15) is 5.75 Å². The molecule has 16 heavy (non-hydrogen) atoms. The Morgan fingerprint density at radius 1 is 1.19 bits per heavy atom. The number of methoxy groups -OCH3 is 1. The molecule has 0 spiro atoms. The number of hydrogen-bond donors (Lipinski definition) is 0. The molecular weight excluding hydrogens is 204 g/mol. The summed E-state index contributed by atoms with van der Waals surface area (Å²) in [7, 11) is 1.68. The minimum Gasteiger partial charge on any atom is -0.497 e. The maximum atomic E-state index is 5.84. The van der Waals surface area contributed by atoms with Crippen molar-refractivity contribution >= 4 is 0 Å². The van der Waals surface area contributed by atoms with Crippen LogP contribution in [0.2, 0.25) is 0 Å². The molecule has 0 aromatic heterocycles. The highest BCUT2D eigenvalue weighted by atomic mass is 16.6. The van der Waals surface area contributed by atoms with Crippen LogP contribution in [0, 0.1) is 0 Å². The molecule has 0 bridgehead atoms. The molecule has 1 saturated heterocycles. The summed E-state index contributed by atoms with van der Waals surface area (Å²) < 4.78 is 16.3. The molecule has 1 heterocycles. The van der Waals surface area contributed by atoms with Crippen molar-refractivity contribution in [2.24, 2.45) is 0 Å². The maximum Gasteiger partial charge on any atom is 0.118 e. The van der Waals surface area contributed by atoms with E-state index in [1.54, 1.807) is 7.11 Å². The number of hydrogen-bond acceptors (Lipinski definition) is 3. The summed E-state index contributed by atoms with van der Waals surface area (Å²) in [4.78, 5) is 0. The quantitative estimate of drug-likeness (QED) is 0.728. The van der Waals surface area contributed by atoms with Gasteiger partial charge in [-0.15, -0.1) is 0 Å². The molecule has 0 amide bonds. The zero-order chi connectivity index (χ0) is 11.0. The van der Waals surface area contributed by atoms with Crippen molar-refractivity contribution in [3.05, 3.63) is 29.8 Å². The topological polar surface area (TPSA) is 31.0 Å². The van der Waals surface area contributed by atoms with E-state index in [0.717, 1.165) is 18.6 Å². The molecular formula is C13H16O3. The zero-order valence-corrected chi connectivity index (χ0v) is 9.39. The van der Waals surface area contributed by atoms with E-state index >= 15 is 0 Å². The fourth-order valence-electron chi connectivity index (χ4n) is 2.28. The van der Waals surface area contributed by atoms with E-state index in [0.29, 0.717) is 24.9 Å². The van der Waals surface area contributed by atoms with Crippen LogP contribution in [0.15, 0.2) is 24.3 Å². The van der Waals surface area contributed by atoms with Crippen LogP contribution in [-0.4, -0.2) is 25.4 Å². The lowest BCUT2D eigenvalue weighted by Crippen LogP contribution is -2.11. The lowest BCUT2D eigenvalue weighted by molar-refractivity contribution is 0.0221. The largest absolute Gasteiger partial charge is 0.497 e. The molecule has 86 valence electrons. The Balaban J connectivity index is 1.50. The van der Waals surface area contributed by atoms with Gasteiger partial charge in [-0.3, -0.25) is 0 Å². The van der Waals surface area contributed by atoms with Crippen molar-refractivity contribution in [2.75, 3.05) is 7.11 Å². The maximum absolute atomic E-state index is 5.84. The monoisotopic (exact) mass is 220 g/mol. The molecule has 3 nitrogen and oxygen atoms in total. The SMILES string of the molecule is COc1ccc(COC2C[C@H]3O[C@@H]3C2)cc1. The van der Waals surface area contributed by atoms with Crippen LogP contribution in [0.1, 0.15) is 18.4 Å². The lowest BCUT2D eigenvalue weighted by atomic mass is 10.2. The fraction of sp³-hybridized carbons (Fsp3) is 0.538. The van der Waals surface area contributed by atoms with Gasteiger partial charge in [0.05, 0.1) is 32.0 Å². The first-order valence-corrected chi connectivity index (χ1v) is 5.75.